The molecule has 2 aliphatic carbocycles. The predicted molar refractivity (Wildman–Crippen MR) is 98.9 cm³/mol. The Morgan fingerprint density at radius 1 is 1.04 bits per heavy atom. The second-order valence-corrected chi connectivity index (χ2v) is 7.93. The van der Waals surface area contributed by atoms with Gasteiger partial charge in [0.05, 0.1) is 0 Å². The number of hydrogen-bond donors (Lipinski definition) is 1. The molecule has 7 heteroatoms. The first-order chi connectivity index (χ1) is 13.5. The highest BCUT2D eigenvalue weighted by Gasteiger charge is 2.38. The molecule has 1 saturated carbocycles. The van der Waals surface area contributed by atoms with Crippen LogP contribution in [0.4, 0.5) is 13.2 Å². The Kier molecular flexibility index (Phi) is 4.16. The van der Waals surface area contributed by atoms with E-state index in [9.17, 15) is 13.2 Å². The van der Waals surface area contributed by atoms with Gasteiger partial charge < -0.3 is 5.32 Å². The number of nitrogens with one attached hydrogen (secondary N) is 1. The van der Waals surface area contributed by atoms with E-state index in [0.717, 1.165) is 25.7 Å². The average Bonchev–Trinajstić information content (AvgIpc) is 3.23. The number of alkyl halides is 3. The lowest BCUT2D eigenvalue weighted by Gasteiger charge is -2.17. The van der Waals surface area contributed by atoms with Crippen molar-refractivity contribution < 1.29 is 13.2 Å². The first-order valence-corrected chi connectivity index (χ1v) is 9.72. The number of nitrogens with zero attached hydrogens (tertiary/aromatic N) is 3. The van der Waals surface area contributed by atoms with Crippen LogP contribution in [-0.2, 0) is 32.0 Å². The molecule has 2 aliphatic rings. The van der Waals surface area contributed by atoms with E-state index in [1.54, 1.807) is 12.3 Å². The smallest absolute Gasteiger partial charge is 0.309 e. The van der Waals surface area contributed by atoms with Gasteiger partial charge in [-0.25, -0.2) is 0 Å². The van der Waals surface area contributed by atoms with Gasteiger partial charge in [0.2, 0.25) is 0 Å². The molecule has 0 radical (unpaired) electrons. The van der Waals surface area contributed by atoms with E-state index in [2.05, 4.69) is 27.6 Å². The number of rotatable bonds is 5. The molecule has 0 saturated heterocycles. The lowest BCUT2D eigenvalue weighted by molar-refractivity contribution is -0.137. The predicted octanol–water partition coefficient (Wildman–Crippen LogP) is 3.96. The standard InChI is InChI=1S/C21H21F3N4/c22-21(23,24)19-16(12-25-17-10-14-3-1-2-4-15(14)11-17)7-8-28-18(9-13-5-6-13)26-27-20(19)28/h1-4,7-8,13,17,25H,5-6,9-12H2. The van der Waals surface area contributed by atoms with E-state index in [4.69, 9.17) is 0 Å². The molecule has 2 heterocycles. The van der Waals surface area contributed by atoms with Crippen LogP contribution in [0, 0.1) is 5.92 Å². The van der Waals surface area contributed by atoms with Crippen molar-refractivity contribution in [3.63, 3.8) is 0 Å². The molecule has 0 bridgehead atoms. The van der Waals surface area contributed by atoms with Crippen LogP contribution in [0.2, 0.25) is 0 Å². The number of fused-ring (bicyclic) bond motifs is 2. The molecule has 2 aromatic heterocycles. The normalized spacial score (nSPS) is 17.4. The first-order valence-electron chi connectivity index (χ1n) is 9.72. The van der Waals surface area contributed by atoms with Crippen LogP contribution in [-0.4, -0.2) is 20.6 Å². The second kappa shape index (κ2) is 6.58. The van der Waals surface area contributed by atoms with Crippen molar-refractivity contribution in [2.45, 2.75) is 50.9 Å². The maximum Gasteiger partial charge on any atom is 0.420 e. The van der Waals surface area contributed by atoms with E-state index >= 15 is 0 Å². The monoisotopic (exact) mass is 386 g/mol. The Morgan fingerprint density at radius 2 is 1.75 bits per heavy atom. The summed E-state index contributed by atoms with van der Waals surface area (Å²) in [5, 5.41) is 11.3. The molecule has 0 spiro atoms. The van der Waals surface area contributed by atoms with Gasteiger partial charge in [-0.15, -0.1) is 10.2 Å². The van der Waals surface area contributed by atoms with Gasteiger partial charge in [-0.1, -0.05) is 24.3 Å². The summed E-state index contributed by atoms with van der Waals surface area (Å²) in [5.74, 6) is 1.15. The highest BCUT2D eigenvalue weighted by molar-refractivity contribution is 5.53. The maximum atomic E-state index is 13.9. The zero-order valence-electron chi connectivity index (χ0n) is 15.3. The van der Waals surface area contributed by atoms with Crippen LogP contribution in [0.3, 0.4) is 0 Å². The molecule has 0 aliphatic heterocycles. The molecule has 1 aromatic carbocycles. The van der Waals surface area contributed by atoms with Crippen molar-refractivity contribution in [3.05, 3.63) is 64.6 Å². The van der Waals surface area contributed by atoms with Crippen LogP contribution in [0.1, 0.15) is 40.9 Å². The van der Waals surface area contributed by atoms with Crippen molar-refractivity contribution in [2.75, 3.05) is 0 Å². The van der Waals surface area contributed by atoms with Crippen molar-refractivity contribution in [1.29, 1.82) is 0 Å². The summed E-state index contributed by atoms with van der Waals surface area (Å²) >= 11 is 0. The van der Waals surface area contributed by atoms with Gasteiger partial charge in [0.15, 0.2) is 5.65 Å². The molecule has 1 fully saturated rings. The van der Waals surface area contributed by atoms with Gasteiger partial charge in [-0.05, 0) is 54.4 Å². The Balaban J connectivity index is 1.41. The fourth-order valence-electron chi connectivity index (χ4n) is 4.18. The Bertz CT molecular complexity index is 995. The topological polar surface area (TPSA) is 42.2 Å². The fraction of sp³-hybridized carbons (Fsp3) is 0.429. The zero-order valence-corrected chi connectivity index (χ0v) is 15.3. The largest absolute Gasteiger partial charge is 0.420 e. The molecule has 4 nitrogen and oxygen atoms in total. The summed E-state index contributed by atoms with van der Waals surface area (Å²) in [5.41, 5.74) is 2.01. The minimum absolute atomic E-state index is 0.0860. The van der Waals surface area contributed by atoms with E-state index in [1.165, 1.54) is 15.5 Å². The van der Waals surface area contributed by atoms with Gasteiger partial charge in [0, 0.05) is 25.2 Å². The summed E-state index contributed by atoms with van der Waals surface area (Å²) in [7, 11) is 0. The van der Waals surface area contributed by atoms with E-state index in [1.807, 2.05) is 12.1 Å². The number of benzene rings is 1. The van der Waals surface area contributed by atoms with Gasteiger partial charge in [-0.2, -0.15) is 13.2 Å². The Morgan fingerprint density at radius 3 is 2.39 bits per heavy atom. The lowest BCUT2D eigenvalue weighted by atomic mass is 10.1. The lowest BCUT2D eigenvalue weighted by Crippen LogP contribution is -2.30. The van der Waals surface area contributed by atoms with Crippen LogP contribution in [0.15, 0.2) is 36.5 Å². The van der Waals surface area contributed by atoms with Crippen LogP contribution in [0.25, 0.3) is 5.65 Å². The molecule has 146 valence electrons. The molecular formula is C21H21F3N4. The summed E-state index contributed by atoms with van der Waals surface area (Å²) in [6.45, 7) is 0.162. The van der Waals surface area contributed by atoms with Gasteiger partial charge in [0.25, 0.3) is 0 Å². The summed E-state index contributed by atoms with van der Waals surface area (Å²) in [6, 6.07) is 9.88. The van der Waals surface area contributed by atoms with Crippen molar-refractivity contribution >= 4 is 5.65 Å². The molecule has 28 heavy (non-hydrogen) atoms. The molecule has 0 unspecified atom stereocenters. The minimum Gasteiger partial charge on any atom is -0.309 e. The first kappa shape index (κ1) is 17.7. The average molecular weight is 386 g/mol. The van der Waals surface area contributed by atoms with Crippen molar-refractivity contribution in [1.82, 2.24) is 19.9 Å². The maximum absolute atomic E-state index is 13.9. The van der Waals surface area contributed by atoms with Crippen LogP contribution in [0.5, 0.6) is 0 Å². The van der Waals surface area contributed by atoms with Crippen molar-refractivity contribution in [2.24, 2.45) is 5.92 Å². The SMILES string of the molecule is FC(F)(F)c1c(CNC2Cc3ccccc3C2)ccn2c(CC3CC3)nnc12. The van der Waals surface area contributed by atoms with Crippen molar-refractivity contribution in [3.8, 4) is 0 Å². The summed E-state index contributed by atoms with van der Waals surface area (Å²) < 4.78 is 43.1. The van der Waals surface area contributed by atoms with E-state index in [0.29, 0.717) is 18.2 Å². The summed E-state index contributed by atoms with van der Waals surface area (Å²) in [4.78, 5) is 0. The highest BCUT2D eigenvalue weighted by atomic mass is 19.4. The minimum atomic E-state index is -4.47. The quantitative estimate of drug-likeness (QED) is 0.722. The molecule has 0 atom stereocenters. The molecule has 0 amide bonds. The third-order valence-corrected chi connectivity index (χ3v) is 5.82. The Labute approximate surface area is 160 Å². The summed E-state index contributed by atoms with van der Waals surface area (Å²) in [6.07, 6.45) is 1.83. The Hall–Kier alpha value is -2.41. The zero-order chi connectivity index (χ0) is 19.3. The fourth-order valence-corrected chi connectivity index (χ4v) is 4.18. The molecule has 1 N–H and O–H groups in total. The third kappa shape index (κ3) is 3.28. The van der Waals surface area contributed by atoms with Crippen LogP contribution < -0.4 is 5.32 Å². The van der Waals surface area contributed by atoms with E-state index in [-0.39, 0.29) is 23.8 Å². The van der Waals surface area contributed by atoms with E-state index < -0.39 is 11.7 Å². The molecule has 3 aromatic rings. The van der Waals surface area contributed by atoms with Gasteiger partial charge in [0.1, 0.15) is 11.4 Å². The van der Waals surface area contributed by atoms with Gasteiger partial charge in [-0.3, -0.25) is 4.40 Å². The molecular weight excluding hydrogens is 365 g/mol. The third-order valence-electron chi connectivity index (χ3n) is 5.82. The number of hydrogen-bond acceptors (Lipinski definition) is 3. The highest BCUT2D eigenvalue weighted by Crippen LogP contribution is 2.36. The molecule has 5 rings (SSSR count). The van der Waals surface area contributed by atoms with Gasteiger partial charge >= 0.3 is 6.18 Å². The number of aromatic nitrogens is 3. The number of halogens is 3. The number of pyridine rings is 1. The second-order valence-electron chi connectivity index (χ2n) is 7.93. The van der Waals surface area contributed by atoms with Crippen LogP contribution >= 0.6 is 0 Å².